The summed E-state index contributed by atoms with van der Waals surface area (Å²) in [5.74, 6) is -1.05. The van der Waals surface area contributed by atoms with Gasteiger partial charge in [-0.1, -0.05) is 6.08 Å². The molecule has 0 heterocycles. The van der Waals surface area contributed by atoms with E-state index in [2.05, 4.69) is 0 Å². The summed E-state index contributed by atoms with van der Waals surface area (Å²) < 4.78 is 18.6. The summed E-state index contributed by atoms with van der Waals surface area (Å²) in [7, 11) is 0. The molecule has 0 radical (unpaired) electrons. The molecule has 12 heavy (non-hydrogen) atoms. The molecular weight excluding hydrogens is 180 g/mol. The molecule has 0 saturated carbocycles. The van der Waals surface area contributed by atoms with Gasteiger partial charge < -0.3 is 9.66 Å². The van der Waals surface area contributed by atoms with Crippen LogP contribution >= 0.6 is 0 Å². The van der Waals surface area contributed by atoms with Gasteiger partial charge in [-0.3, -0.25) is 0 Å². The van der Waals surface area contributed by atoms with Gasteiger partial charge in [0.15, 0.2) is 11.1 Å². The van der Waals surface area contributed by atoms with Crippen molar-refractivity contribution < 1.29 is 18.7 Å². The Balaban J connectivity index is 4.09. The molecule has 0 fully saturated rings. The van der Waals surface area contributed by atoms with Crippen LogP contribution in [0.3, 0.4) is 0 Å². The molecule has 0 aliphatic carbocycles. The van der Waals surface area contributed by atoms with Gasteiger partial charge >= 0.3 is 5.97 Å². The summed E-state index contributed by atoms with van der Waals surface area (Å²) in [6.45, 7) is 3.19. The van der Waals surface area contributed by atoms with Gasteiger partial charge in [-0.2, -0.15) is 0 Å². The van der Waals surface area contributed by atoms with Crippen LogP contribution < -0.4 is 0 Å². The van der Waals surface area contributed by atoms with Crippen molar-refractivity contribution in [3.63, 3.8) is 0 Å². The Bertz CT molecular complexity index is 219. The fourth-order valence-corrected chi connectivity index (χ4v) is 0.754. The van der Waals surface area contributed by atoms with Crippen LogP contribution in [-0.4, -0.2) is 24.6 Å². The highest BCUT2D eigenvalue weighted by Crippen LogP contribution is 2.16. The maximum absolute atomic E-state index is 10.6. The molecule has 0 aromatic rings. The van der Waals surface area contributed by atoms with Gasteiger partial charge in [-0.05, 0) is 20.3 Å². The molecule has 1 unspecified atom stereocenters. The lowest BCUT2D eigenvalue weighted by atomic mass is 10.1. The predicted octanol–water partition coefficient (Wildman–Crippen LogP) is 1.02. The Morgan fingerprint density at radius 1 is 1.58 bits per heavy atom. The third-order valence-corrected chi connectivity index (χ3v) is 2.45. The van der Waals surface area contributed by atoms with Gasteiger partial charge in [0.2, 0.25) is 0 Å². The Hall–Kier alpha value is -0.680. The molecular formula is C7H12O4S. The summed E-state index contributed by atoms with van der Waals surface area (Å²) in [6, 6.07) is 0. The minimum atomic E-state index is -1.93. The maximum atomic E-state index is 10.6. The first-order valence-electron chi connectivity index (χ1n) is 3.36. The number of hydrogen-bond acceptors (Lipinski definition) is 2. The van der Waals surface area contributed by atoms with E-state index in [1.165, 1.54) is 6.08 Å². The Labute approximate surface area is 73.6 Å². The van der Waals surface area contributed by atoms with Crippen molar-refractivity contribution in [3.8, 4) is 0 Å². The van der Waals surface area contributed by atoms with Crippen LogP contribution in [0.15, 0.2) is 12.2 Å². The number of carboxylic acids is 1. The molecule has 0 rings (SSSR count). The first-order chi connectivity index (χ1) is 5.36. The van der Waals surface area contributed by atoms with E-state index < -0.39 is 21.8 Å². The van der Waals surface area contributed by atoms with Gasteiger partial charge in [-0.15, -0.1) is 0 Å². The zero-order valence-corrected chi connectivity index (χ0v) is 7.80. The second kappa shape index (κ2) is 4.37. The second-order valence-corrected chi connectivity index (χ2v) is 4.56. The highest BCUT2D eigenvalue weighted by molar-refractivity contribution is 7.80. The molecule has 0 aliphatic rings. The number of aliphatic carboxylic acids is 1. The van der Waals surface area contributed by atoms with Crippen LogP contribution in [0.25, 0.3) is 0 Å². The SMILES string of the molecule is CC(C)(CC=CC(=O)O)S(=O)O. The smallest absolute Gasteiger partial charge is 0.327 e. The molecule has 2 N–H and O–H groups in total. The monoisotopic (exact) mass is 192 g/mol. The van der Waals surface area contributed by atoms with E-state index in [0.29, 0.717) is 0 Å². The van der Waals surface area contributed by atoms with Crippen molar-refractivity contribution in [2.75, 3.05) is 0 Å². The van der Waals surface area contributed by atoms with E-state index in [0.717, 1.165) is 6.08 Å². The number of allylic oxidation sites excluding steroid dienone is 1. The van der Waals surface area contributed by atoms with Crippen molar-refractivity contribution in [1.82, 2.24) is 0 Å². The highest BCUT2D eigenvalue weighted by Gasteiger charge is 2.22. The lowest BCUT2D eigenvalue weighted by molar-refractivity contribution is -0.131. The topological polar surface area (TPSA) is 74.6 Å². The third-order valence-electron chi connectivity index (χ3n) is 1.34. The van der Waals surface area contributed by atoms with Gasteiger partial charge in [0.25, 0.3) is 0 Å². The van der Waals surface area contributed by atoms with E-state index in [1.54, 1.807) is 13.8 Å². The van der Waals surface area contributed by atoms with Crippen LogP contribution in [-0.2, 0) is 15.9 Å². The molecule has 1 atom stereocenters. The highest BCUT2D eigenvalue weighted by atomic mass is 32.2. The summed E-state index contributed by atoms with van der Waals surface area (Å²) in [5, 5.41) is 8.22. The van der Waals surface area contributed by atoms with E-state index in [9.17, 15) is 9.00 Å². The first-order valence-corrected chi connectivity index (χ1v) is 4.47. The number of carbonyl (C=O) groups is 1. The standard InChI is InChI=1S/C7H12O4S/c1-7(2,12(10)11)5-3-4-6(8)9/h3-4H,5H2,1-2H3,(H,8,9)(H,10,11). The van der Waals surface area contributed by atoms with Gasteiger partial charge in [0.05, 0.1) is 4.75 Å². The molecule has 70 valence electrons. The molecule has 0 amide bonds. The minimum absolute atomic E-state index is 0.266. The Morgan fingerprint density at radius 2 is 2.08 bits per heavy atom. The Morgan fingerprint density at radius 3 is 2.42 bits per heavy atom. The summed E-state index contributed by atoms with van der Waals surface area (Å²) >= 11 is -1.93. The molecule has 4 nitrogen and oxygen atoms in total. The van der Waals surface area contributed by atoms with E-state index in [1.807, 2.05) is 0 Å². The van der Waals surface area contributed by atoms with Crippen LogP contribution in [0.5, 0.6) is 0 Å². The molecule has 0 aliphatic heterocycles. The van der Waals surface area contributed by atoms with Gasteiger partial charge in [0, 0.05) is 6.08 Å². The average molecular weight is 192 g/mol. The lowest BCUT2D eigenvalue weighted by Crippen LogP contribution is -2.24. The number of hydrogen-bond donors (Lipinski definition) is 2. The quantitative estimate of drug-likeness (QED) is 0.515. The van der Waals surface area contributed by atoms with Crippen molar-refractivity contribution >= 4 is 17.0 Å². The van der Waals surface area contributed by atoms with Crippen molar-refractivity contribution in [2.24, 2.45) is 0 Å². The maximum Gasteiger partial charge on any atom is 0.327 e. The van der Waals surface area contributed by atoms with Crippen LogP contribution in [0.2, 0.25) is 0 Å². The fourth-order valence-electron chi connectivity index (χ4n) is 0.515. The van der Waals surface area contributed by atoms with Crippen LogP contribution in [0.1, 0.15) is 20.3 Å². The van der Waals surface area contributed by atoms with Crippen molar-refractivity contribution in [2.45, 2.75) is 25.0 Å². The molecule has 5 heteroatoms. The number of carboxylic acid groups (broad SMARTS) is 1. The minimum Gasteiger partial charge on any atom is -0.478 e. The van der Waals surface area contributed by atoms with Crippen LogP contribution in [0.4, 0.5) is 0 Å². The van der Waals surface area contributed by atoms with E-state index >= 15 is 0 Å². The molecule has 0 aromatic carbocycles. The van der Waals surface area contributed by atoms with Crippen molar-refractivity contribution in [3.05, 3.63) is 12.2 Å². The van der Waals surface area contributed by atoms with Gasteiger partial charge in [0.1, 0.15) is 0 Å². The fraction of sp³-hybridized carbons (Fsp3) is 0.571. The largest absolute Gasteiger partial charge is 0.478 e. The molecule has 0 saturated heterocycles. The molecule has 0 aromatic heterocycles. The van der Waals surface area contributed by atoms with E-state index in [4.69, 9.17) is 9.66 Å². The summed E-state index contributed by atoms with van der Waals surface area (Å²) in [4.78, 5) is 10.0. The van der Waals surface area contributed by atoms with Gasteiger partial charge in [-0.25, -0.2) is 9.00 Å². The number of rotatable bonds is 4. The normalized spacial score (nSPS) is 14.9. The zero-order chi connectivity index (χ0) is 9.78. The Kier molecular flexibility index (Phi) is 4.12. The first kappa shape index (κ1) is 11.3. The third kappa shape index (κ3) is 4.25. The summed E-state index contributed by atoms with van der Waals surface area (Å²) in [5.41, 5.74) is 0. The van der Waals surface area contributed by atoms with E-state index in [-0.39, 0.29) is 6.42 Å². The molecule has 0 bridgehead atoms. The zero-order valence-electron chi connectivity index (χ0n) is 6.98. The van der Waals surface area contributed by atoms with Crippen LogP contribution in [0, 0.1) is 0 Å². The van der Waals surface area contributed by atoms with Crippen molar-refractivity contribution in [1.29, 1.82) is 0 Å². The predicted molar refractivity (Wildman–Crippen MR) is 46.2 cm³/mol. The second-order valence-electron chi connectivity index (χ2n) is 2.95. The summed E-state index contributed by atoms with van der Waals surface area (Å²) in [6.07, 6.45) is 2.60. The average Bonchev–Trinajstić information content (AvgIpc) is 1.85. The molecule has 0 spiro atoms. The lowest BCUT2D eigenvalue weighted by Gasteiger charge is -2.16.